The summed E-state index contributed by atoms with van der Waals surface area (Å²) in [6, 6.07) is 0. The van der Waals surface area contributed by atoms with Crippen LogP contribution in [-0.2, 0) is 6.54 Å². The van der Waals surface area contributed by atoms with Crippen molar-refractivity contribution >= 4 is 17.2 Å². The maximum Gasteiger partial charge on any atom is 0.290 e. The van der Waals surface area contributed by atoms with Crippen molar-refractivity contribution in [1.29, 1.82) is 0 Å². The van der Waals surface area contributed by atoms with Crippen molar-refractivity contribution in [3.63, 3.8) is 0 Å². The molecule has 0 aliphatic heterocycles. The van der Waals surface area contributed by atoms with Gasteiger partial charge in [-0.2, -0.15) is 0 Å². The van der Waals surface area contributed by atoms with Crippen LogP contribution in [-0.4, -0.2) is 15.0 Å². The molecular weight excluding hydrogens is 212 g/mol. The molecule has 0 aliphatic rings. The molecule has 0 spiro atoms. The zero-order valence-corrected chi connectivity index (χ0v) is 8.97. The number of anilines is 1. The predicted molar refractivity (Wildman–Crippen MR) is 59.0 cm³/mol. The summed E-state index contributed by atoms with van der Waals surface area (Å²) < 4.78 is 0. The Balaban J connectivity index is 2.09. The Bertz CT molecular complexity index is 505. The van der Waals surface area contributed by atoms with E-state index in [0.29, 0.717) is 12.4 Å². The maximum atomic E-state index is 11.3. The molecule has 0 saturated heterocycles. The third-order valence-electron chi connectivity index (χ3n) is 1.97. The van der Waals surface area contributed by atoms with Crippen LogP contribution in [0.15, 0.2) is 22.7 Å². The third kappa shape index (κ3) is 2.21. The molecule has 5 nitrogen and oxygen atoms in total. The van der Waals surface area contributed by atoms with E-state index in [1.54, 1.807) is 23.0 Å². The highest BCUT2D eigenvalue weighted by Crippen LogP contribution is 2.12. The second-order valence-electron chi connectivity index (χ2n) is 2.98. The smallest absolute Gasteiger partial charge is 0.290 e. The Hall–Kier alpha value is -1.69. The maximum absolute atomic E-state index is 11.3. The number of rotatable bonds is 3. The first-order valence-corrected chi connectivity index (χ1v) is 5.32. The Morgan fingerprint density at radius 3 is 3.07 bits per heavy atom. The molecule has 0 aromatic carbocycles. The fourth-order valence-electron chi connectivity index (χ4n) is 1.14. The number of hydrogen-bond acceptors (Lipinski definition) is 5. The van der Waals surface area contributed by atoms with E-state index in [0.717, 1.165) is 10.6 Å². The molecule has 0 aliphatic carbocycles. The molecule has 0 amide bonds. The molecule has 2 heterocycles. The van der Waals surface area contributed by atoms with Crippen LogP contribution in [0.1, 0.15) is 10.6 Å². The summed E-state index contributed by atoms with van der Waals surface area (Å²) in [6.45, 7) is 2.52. The van der Waals surface area contributed by atoms with Gasteiger partial charge in [0.05, 0.1) is 17.7 Å². The average Bonchev–Trinajstić information content (AvgIpc) is 2.63. The zero-order valence-electron chi connectivity index (χ0n) is 8.15. The van der Waals surface area contributed by atoms with Crippen molar-refractivity contribution in [1.82, 2.24) is 15.0 Å². The lowest BCUT2D eigenvalue weighted by molar-refractivity contribution is 1.05. The standard InChI is InChI=1S/C9H10N4OS/c1-6-7(15-5-13-6)4-12-8-9(14)11-3-2-10-8/h2-3,5H,4H2,1H3,(H,10,12)(H,11,14). The van der Waals surface area contributed by atoms with E-state index >= 15 is 0 Å². The number of hydrogen-bond donors (Lipinski definition) is 2. The Morgan fingerprint density at radius 1 is 1.53 bits per heavy atom. The SMILES string of the molecule is Cc1ncsc1CNc1ncc[nH]c1=O. The number of H-pyrrole nitrogens is 1. The summed E-state index contributed by atoms with van der Waals surface area (Å²) in [5.74, 6) is 0.338. The van der Waals surface area contributed by atoms with Crippen LogP contribution in [0.3, 0.4) is 0 Å². The van der Waals surface area contributed by atoms with Crippen LogP contribution in [0.2, 0.25) is 0 Å². The van der Waals surface area contributed by atoms with Gasteiger partial charge in [-0.1, -0.05) is 0 Å². The molecular formula is C9H10N4OS. The number of nitrogens with one attached hydrogen (secondary N) is 2. The van der Waals surface area contributed by atoms with E-state index in [1.807, 2.05) is 6.92 Å². The van der Waals surface area contributed by atoms with Crippen molar-refractivity contribution in [2.45, 2.75) is 13.5 Å². The topological polar surface area (TPSA) is 70.7 Å². The summed E-state index contributed by atoms with van der Waals surface area (Å²) in [5.41, 5.74) is 2.56. The Morgan fingerprint density at radius 2 is 2.40 bits per heavy atom. The number of aromatic amines is 1. The van der Waals surface area contributed by atoms with E-state index in [2.05, 4.69) is 20.3 Å². The highest BCUT2D eigenvalue weighted by Gasteiger charge is 2.03. The largest absolute Gasteiger partial charge is 0.361 e. The minimum absolute atomic E-state index is 0.209. The highest BCUT2D eigenvalue weighted by atomic mass is 32.1. The zero-order chi connectivity index (χ0) is 10.7. The van der Waals surface area contributed by atoms with Crippen molar-refractivity contribution in [3.05, 3.63) is 38.8 Å². The molecule has 0 unspecified atom stereocenters. The van der Waals surface area contributed by atoms with Crippen molar-refractivity contribution in [2.75, 3.05) is 5.32 Å². The van der Waals surface area contributed by atoms with Crippen LogP contribution in [0, 0.1) is 6.92 Å². The van der Waals surface area contributed by atoms with E-state index in [1.165, 1.54) is 6.20 Å². The first-order valence-electron chi connectivity index (χ1n) is 4.44. The van der Waals surface area contributed by atoms with Crippen LogP contribution in [0.4, 0.5) is 5.82 Å². The molecule has 0 saturated carbocycles. The van der Waals surface area contributed by atoms with Gasteiger partial charge in [0, 0.05) is 17.3 Å². The molecule has 78 valence electrons. The van der Waals surface area contributed by atoms with E-state index in [4.69, 9.17) is 0 Å². The van der Waals surface area contributed by atoms with E-state index in [-0.39, 0.29) is 5.56 Å². The lowest BCUT2D eigenvalue weighted by Crippen LogP contribution is -2.14. The highest BCUT2D eigenvalue weighted by molar-refractivity contribution is 7.09. The number of aryl methyl sites for hydroxylation is 1. The quantitative estimate of drug-likeness (QED) is 0.817. The van der Waals surface area contributed by atoms with Gasteiger partial charge in [-0.05, 0) is 6.92 Å². The monoisotopic (exact) mass is 222 g/mol. The molecule has 0 fully saturated rings. The van der Waals surface area contributed by atoms with E-state index < -0.39 is 0 Å². The second-order valence-corrected chi connectivity index (χ2v) is 3.92. The average molecular weight is 222 g/mol. The molecule has 2 aromatic heterocycles. The van der Waals surface area contributed by atoms with Gasteiger partial charge < -0.3 is 10.3 Å². The van der Waals surface area contributed by atoms with Gasteiger partial charge in [-0.15, -0.1) is 11.3 Å². The Kier molecular flexibility index (Phi) is 2.77. The first-order chi connectivity index (χ1) is 7.27. The second kappa shape index (κ2) is 4.22. The van der Waals surface area contributed by atoms with E-state index in [9.17, 15) is 4.79 Å². The fourth-order valence-corrected chi connectivity index (χ4v) is 1.85. The van der Waals surface area contributed by atoms with Gasteiger partial charge in [0.1, 0.15) is 0 Å². The van der Waals surface area contributed by atoms with Crippen molar-refractivity contribution in [2.24, 2.45) is 0 Å². The summed E-state index contributed by atoms with van der Waals surface area (Å²) in [7, 11) is 0. The summed E-state index contributed by atoms with van der Waals surface area (Å²) in [6.07, 6.45) is 3.05. The summed E-state index contributed by atoms with van der Waals surface area (Å²) >= 11 is 1.56. The van der Waals surface area contributed by atoms with Crippen molar-refractivity contribution < 1.29 is 0 Å². The molecule has 2 aromatic rings. The lowest BCUT2D eigenvalue weighted by atomic mass is 10.4. The van der Waals surface area contributed by atoms with Crippen LogP contribution >= 0.6 is 11.3 Å². The summed E-state index contributed by atoms with van der Waals surface area (Å²) in [4.78, 5) is 23.0. The lowest BCUT2D eigenvalue weighted by Gasteiger charge is -2.02. The van der Waals surface area contributed by atoms with Crippen LogP contribution in [0.25, 0.3) is 0 Å². The molecule has 0 bridgehead atoms. The number of thiazole rings is 1. The normalized spacial score (nSPS) is 10.2. The van der Waals surface area contributed by atoms with Gasteiger partial charge in [-0.3, -0.25) is 4.79 Å². The Labute approximate surface area is 90.2 Å². The predicted octanol–water partition coefficient (Wildman–Crippen LogP) is 1.15. The first kappa shape index (κ1) is 9.85. The van der Waals surface area contributed by atoms with Gasteiger partial charge in [0.25, 0.3) is 5.56 Å². The molecule has 15 heavy (non-hydrogen) atoms. The summed E-state index contributed by atoms with van der Waals surface area (Å²) in [5, 5.41) is 2.97. The molecule has 6 heteroatoms. The van der Waals surface area contributed by atoms with Crippen LogP contribution in [0.5, 0.6) is 0 Å². The molecule has 0 atom stereocenters. The van der Waals surface area contributed by atoms with Crippen molar-refractivity contribution in [3.8, 4) is 0 Å². The van der Waals surface area contributed by atoms with Gasteiger partial charge >= 0.3 is 0 Å². The van der Waals surface area contributed by atoms with Gasteiger partial charge in [0.2, 0.25) is 0 Å². The van der Waals surface area contributed by atoms with Gasteiger partial charge in [0.15, 0.2) is 5.82 Å². The van der Waals surface area contributed by atoms with Gasteiger partial charge in [-0.25, -0.2) is 9.97 Å². The molecule has 0 radical (unpaired) electrons. The molecule has 2 rings (SSSR count). The third-order valence-corrected chi connectivity index (χ3v) is 2.90. The number of aromatic nitrogens is 3. The minimum atomic E-state index is -0.209. The number of nitrogens with zero attached hydrogens (tertiary/aromatic N) is 2. The minimum Gasteiger partial charge on any atom is -0.361 e. The van der Waals surface area contributed by atoms with Crippen LogP contribution < -0.4 is 10.9 Å². The fraction of sp³-hybridized carbons (Fsp3) is 0.222. The molecule has 2 N–H and O–H groups in total.